The summed E-state index contributed by atoms with van der Waals surface area (Å²) in [4.78, 5) is 32.7. The van der Waals surface area contributed by atoms with E-state index < -0.39 is 0 Å². The quantitative estimate of drug-likeness (QED) is 0.547. The van der Waals surface area contributed by atoms with E-state index in [9.17, 15) is 9.59 Å². The molecule has 0 N–H and O–H groups in total. The first kappa shape index (κ1) is 22.5. The van der Waals surface area contributed by atoms with Crippen molar-refractivity contribution >= 4 is 28.3 Å². The first-order valence-electron chi connectivity index (χ1n) is 12.5. The van der Waals surface area contributed by atoms with Crippen LogP contribution in [0.3, 0.4) is 0 Å². The normalized spacial score (nSPS) is 16.7. The maximum Gasteiger partial charge on any atom is 0.254 e. The minimum absolute atomic E-state index is 0.0273. The van der Waals surface area contributed by atoms with Crippen molar-refractivity contribution in [2.24, 2.45) is 5.92 Å². The summed E-state index contributed by atoms with van der Waals surface area (Å²) >= 11 is 0. The summed E-state index contributed by atoms with van der Waals surface area (Å²) in [5.41, 5.74) is 3.22. The first-order valence-corrected chi connectivity index (χ1v) is 12.5. The van der Waals surface area contributed by atoms with Crippen LogP contribution in [0.2, 0.25) is 0 Å². The fraction of sp³-hybridized carbons (Fsp3) is 0.379. The smallest absolute Gasteiger partial charge is 0.254 e. The number of benzene rings is 3. The standard InChI is InChI=1S/C29H33N3O2/c1-30(21-24-10-3-5-14-27(24)31-17-6-7-18-31)28(33)23-15-19-32(20-16-23)29(34)26-13-8-11-22-9-2-4-12-25(22)26/h2-5,8-14,23H,6-7,15-21H2,1H3. The van der Waals surface area contributed by atoms with Crippen LogP contribution in [0.5, 0.6) is 0 Å². The maximum atomic E-state index is 13.3. The van der Waals surface area contributed by atoms with Gasteiger partial charge in [-0.2, -0.15) is 0 Å². The molecule has 2 aliphatic heterocycles. The molecule has 2 amide bonds. The predicted octanol–water partition coefficient (Wildman–Crippen LogP) is 4.95. The van der Waals surface area contributed by atoms with Crippen molar-refractivity contribution in [3.63, 3.8) is 0 Å². The Labute approximate surface area is 202 Å². The van der Waals surface area contributed by atoms with E-state index in [0.29, 0.717) is 32.5 Å². The number of carbonyl (C=O) groups is 2. The summed E-state index contributed by atoms with van der Waals surface area (Å²) in [6, 6.07) is 22.4. The van der Waals surface area contributed by atoms with Crippen LogP contribution in [0, 0.1) is 5.92 Å². The number of hydrogen-bond donors (Lipinski definition) is 0. The lowest BCUT2D eigenvalue weighted by Crippen LogP contribution is -2.43. The van der Waals surface area contributed by atoms with Gasteiger partial charge in [-0.1, -0.05) is 54.6 Å². The van der Waals surface area contributed by atoms with Crippen LogP contribution in [0.1, 0.15) is 41.6 Å². The number of para-hydroxylation sites is 1. The Morgan fingerprint density at radius 3 is 2.32 bits per heavy atom. The lowest BCUT2D eigenvalue weighted by atomic mass is 9.94. The van der Waals surface area contributed by atoms with Crippen LogP contribution in [0.15, 0.2) is 66.7 Å². The van der Waals surface area contributed by atoms with E-state index in [-0.39, 0.29) is 17.7 Å². The minimum atomic E-state index is -0.0273. The molecule has 176 valence electrons. The third-order valence-corrected chi connectivity index (χ3v) is 7.37. The van der Waals surface area contributed by atoms with Gasteiger partial charge in [0.2, 0.25) is 5.91 Å². The number of likely N-dealkylation sites (tertiary alicyclic amines) is 1. The number of anilines is 1. The van der Waals surface area contributed by atoms with Crippen molar-refractivity contribution in [2.45, 2.75) is 32.2 Å². The fourth-order valence-electron chi connectivity index (χ4n) is 5.47. The topological polar surface area (TPSA) is 43.9 Å². The van der Waals surface area contributed by atoms with Crippen molar-refractivity contribution in [1.82, 2.24) is 9.80 Å². The van der Waals surface area contributed by atoms with Gasteiger partial charge < -0.3 is 14.7 Å². The van der Waals surface area contributed by atoms with Gasteiger partial charge in [0, 0.05) is 56.9 Å². The minimum Gasteiger partial charge on any atom is -0.371 e. The molecule has 34 heavy (non-hydrogen) atoms. The van der Waals surface area contributed by atoms with Gasteiger partial charge in [0.15, 0.2) is 0 Å². The van der Waals surface area contributed by atoms with Gasteiger partial charge in [0.05, 0.1) is 0 Å². The summed E-state index contributed by atoms with van der Waals surface area (Å²) in [6.45, 7) is 4.06. The zero-order valence-electron chi connectivity index (χ0n) is 20.0. The molecule has 3 aromatic rings. The van der Waals surface area contributed by atoms with Crippen LogP contribution in [-0.2, 0) is 11.3 Å². The maximum absolute atomic E-state index is 13.3. The summed E-state index contributed by atoms with van der Waals surface area (Å²) in [5, 5.41) is 2.07. The molecule has 3 aromatic carbocycles. The lowest BCUT2D eigenvalue weighted by molar-refractivity contribution is -0.136. The van der Waals surface area contributed by atoms with E-state index in [1.807, 2.05) is 59.3 Å². The van der Waals surface area contributed by atoms with Crippen LogP contribution < -0.4 is 4.90 Å². The summed E-state index contributed by atoms with van der Waals surface area (Å²) in [5.74, 6) is 0.226. The monoisotopic (exact) mass is 455 g/mol. The number of carbonyl (C=O) groups excluding carboxylic acids is 2. The zero-order valence-corrected chi connectivity index (χ0v) is 20.0. The molecule has 2 heterocycles. The van der Waals surface area contributed by atoms with Gasteiger partial charge in [0.25, 0.3) is 5.91 Å². The molecule has 5 heteroatoms. The van der Waals surface area contributed by atoms with Crippen LogP contribution in [-0.4, -0.2) is 54.8 Å². The van der Waals surface area contributed by atoms with Crippen molar-refractivity contribution in [3.8, 4) is 0 Å². The molecule has 2 saturated heterocycles. The van der Waals surface area contributed by atoms with Crippen LogP contribution in [0.4, 0.5) is 5.69 Å². The molecule has 5 rings (SSSR count). The molecule has 0 radical (unpaired) electrons. The van der Waals surface area contributed by atoms with Gasteiger partial charge in [-0.15, -0.1) is 0 Å². The molecule has 0 saturated carbocycles. The molecule has 0 bridgehead atoms. The first-order chi connectivity index (χ1) is 16.6. The molecule has 2 fully saturated rings. The third-order valence-electron chi connectivity index (χ3n) is 7.37. The fourth-order valence-corrected chi connectivity index (χ4v) is 5.47. The molecule has 0 unspecified atom stereocenters. The Balaban J connectivity index is 1.21. The van der Waals surface area contributed by atoms with Crippen molar-refractivity contribution in [3.05, 3.63) is 77.9 Å². The summed E-state index contributed by atoms with van der Waals surface area (Å²) in [7, 11) is 1.91. The molecule has 0 spiro atoms. The largest absolute Gasteiger partial charge is 0.371 e. The van der Waals surface area contributed by atoms with Gasteiger partial charge >= 0.3 is 0 Å². The lowest BCUT2D eigenvalue weighted by Gasteiger charge is -2.34. The second-order valence-electron chi connectivity index (χ2n) is 9.61. The Morgan fingerprint density at radius 1 is 0.853 bits per heavy atom. The zero-order chi connectivity index (χ0) is 23.5. The van der Waals surface area contributed by atoms with E-state index in [1.165, 1.54) is 24.1 Å². The van der Waals surface area contributed by atoms with Crippen molar-refractivity contribution in [1.29, 1.82) is 0 Å². The van der Waals surface area contributed by atoms with Gasteiger partial charge in [-0.05, 0) is 54.2 Å². The highest BCUT2D eigenvalue weighted by molar-refractivity contribution is 6.07. The van der Waals surface area contributed by atoms with Crippen LogP contribution >= 0.6 is 0 Å². The number of piperidine rings is 1. The Hall–Kier alpha value is -3.34. The van der Waals surface area contributed by atoms with E-state index in [1.54, 1.807) is 0 Å². The second kappa shape index (κ2) is 9.88. The number of amides is 2. The molecule has 0 atom stereocenters. The van der Waals surface area contributed by atoms with Crippen molar-refractivity contribution < 1.29 is 9.59 Å². The van der Waals surface area contributed by atoms with Gasteiger partial charge in [0.1, 0.15) is 0 Å². The number of hydrogen-bond acceptors (Lipinski definition) is 3. The van der Waals surface area contributed by atoms with E-state index >= 15 is 0 Å². The molecule has 2 aliphatic rings. The van der Waals surface area contributed by atoms with E-state index in [2.05, 4.69) is 29.2 Å². The number of fused-ring (bicyclic) bond motifs is 1. The molecular formula is C29H33N3O2. The highest BCUT2D eigenvalue weighted by Gasteiger charge is 2.30. The van der Waals surface area contributed by atoms with E-state index in [4.69, 9.17) is 0 Å². The SMILES string of the molecule is CN(Cc1ccccc1N1CCCC1)C(=O)C1CCN(C(=O)c2cccc3ccccc23)CC1. The molecule has 0 aliphatic carbocycles. The van der Waals surface area contributed by atoms with Gasteiger partial charge in [-0.25, -0.2) is 0 Å². The Kier molecular flexibility index (Phi) is 6.52. The van der Waals surface area contributed by atoms with Crippen molar-refractivity contribution in [2.75, 3.05) is 38.1 Å². The Bertz CT molecular complexity index is 1170. The number of nitrogens with zero attached hydrogens (tertiary/aromatic N) is 3. The summed E-state index contributed by atoms with van der Waals surface area (Å²) < 4.78 is 0. The molecule has 5 nitrogen and oxygen atoms in total. The predicted molar refractivity (Wildman–Crippen MR) is 137 cm³/mol. The summed E-state index contributed by atoms with van der Waals surface area (Å²) in [6.07, 6.45) is 3.90. The van der Waals surface area contributed by atoms with Gasteiger partial charge in [-0.3, -0.25) is 9.59 Å². The second-order valence-corrected chi connectivity index (χ2v) is 9.61. The number of rotatable bonds is 5. The van der Waals surface area contributed by atoms with E-state index in [0.717, 1.165) is 29.4 Å². The third kappa shape index (κ3) is 4.52. The molecule has 0 aromatic heterocycles. The average molecular weight is 456 g/mol. The molecular weight excluding hydrogens is 422 g/mol. The van der Waals surface area contributed by atoms with Crippen LogP contribution in [0.25, 0.3) is 10.8 Å². The highest BCUT2D eigenvalue weighted by Crippen LogP contribution is 2.28. The Morgan fingerprint density at radius 2 is 1.53 bits per heavy atom. The average Bonchev–Trinajstić information content (AvgIpc) is 3.43. The highest BCUT2D eigenvalue weighted by atomic mass is 16.2.